The predicted molar refractivity (Wildman–Crippen MR) is 81.0 cm³/mol. The monoisotopic (exact) mass is 311 g/mol. The van der Waals surface area contributed by atoms with Crippen molar-refractivity contribution in [3.63, 3.8) is 0 Å². The topological polar surface area (TPSA) is 51.0 Å². The van der Waals surface area contributed by atoms with E-state index in [1.54, 1.807) is 19.1 Å². The highest BCUT2D eigenvalue weighted by molar-refractivity contribution is 5.85. The first-order valence-corrected chi connectivity index (χ1v) is 7.05. The van der Waals surface area contributed by atoms with Gasteiger partial charge in [-0.05, 0) is 56.5 Å². The Morgan fingerprint density at radius 3 is 3.00 bits per heavy atom. The van der Waals surface area contributed by atoms with E-state index in [-0.39, 0.29) is 18.2 Å². The van der Waals surface area contributed by atoms with Gasteiger partial charge in [-0.15, -0.1) is 12.4 Å². The Kier molecular flexibility index (Phi) is 5.31. The van der Waals surface area contributed by atoms with Crippen molar-refractivity contribution in [2.45, 2.75) is 38.6 Å². The van der Waals surface area contributed by atoms with Gasteiger partial charge in [-0.2, -0.15) is 4.98 Å². The number of hydrogen-bond donors (Lipinski definition) is 1. The lowest BCUT2D eigenvalue weighted by molar-refractivity contribution is 0.369. The SMILES string of the molecule is Cc1cc(-c2noc(CCC3CCCN3)n2)ccc1F.Cl. The maximum absolute atomic E-state index is 13.2. The van der Waals surface area contributed by atoms with E-state index >= 15 is 0 Å². The third-order valence-corrected chi connectivity index (χ3v) is 3.75. The van der Waals surface area contributed by atoms with E-state index in [1.807, 2.05) is 0 Å². The molecule has 1 aliphatic heterocycles. The average molecular weight is 312 g/mol. The van der Waals surface area contributed by atoms with Crippen LogP contribution in [0, 0.1) is 12.7 Å². The van der Waals surface area contributed by atoms with Crippen LogP contribution in [-0.4, -0.2) is 22.7 Å². The van der Waals surface area contributed by atoms with Gasteiger partial charge in [0.05, 0.1) is 0 Å². The number of nitrogens with zero attached hydrogens (tertiary/aromatic N) is 2. The molecular formula is C15H19ClFN3O. The first-order chi connectivity index (χ1) is 9.72. The van der Waals surface area contributed by atoms with E-state index in [4.69, 9.17) is 4.52 Å². The molecule has 21 heavy (non-hydrogen) atoms. The molecule has 0 aliphatic carbocycles. The van der Waals surface area contributed by atoms with Gasteiger partial charge in [0.1, 0.15) is 5.82 Å². The molecule has 1 N–H and O–H groups in total. The highest BCUT2D eigenvalue weighted by atomic mass is 35.5. The summed E-state index contributed by atoms with van der Waals surface area (Å²) >= 11 is 0. The van der Waals surface area contributed by atoms with Crippen molar-refractivity contribution in [2.75, 3.05) is 6.54 Å². The van der Waals surface area contributed by atoms with Gasteiger partial charge in [-0.1, -0.05) is 5.16 Å². The Hall–Kier alpha value is -1.46. The minimum absolute atomic E-state index is 0. The summed E-state index contributed by atoms with van der Waals surface area (Å²) < 4.78 is 18.5. The number of aromatic nitrogens is 2. The van der Waals surface area contributed by atoms with E-state index in [1.165, 1.54) is 18.9 Å². The van der Waals surface area contributed by atoms with Gasteiger partial charge in [-0.25, -0.2) is 4.39 Å². The molecule has 6 heteroatoms. The van der Waals surface area contributed by atoms with Crippen LogP contribution in [0.5, 0.6) is 0 Å². The molecule has 0 amide bonds. The summed E-state index contributed by atoms with van der Waals surface area (Å²) in [6, 6.07) is 5.42. The van der Waals surface area contributed by atoms with E-state index in [0.29, 0.717) is 23.3 Å². The quantitative estimate of drug-likeness (QED) is 0.941. The summed E-state index contributed by atoms with van der Waals surface area (Å²) in [7, 11) is 0. The number of hydrogen-bond acceptors (Lipinski definition) is 4. The van der Waals surface area contributed by atoms with Crippen molar-refractivity contribution in [3.05, 3.63) is 35.5 Å². The number of benzene rings is 1. The largest absolute Gasteiger partial charge is 0.339 e. The Balaban J connectivity index is 0.00000161. The van der Waals surface area contributed by atoms with E-state index < -0.39 is 0 Å². The lowest BCUT2D eigenvalue weighted by Gasteiger charge is -2.06. The third kappa shape index (κ3) is 3.80. The molecule has 3 rings (SSSR count). The van der Waals surface area contributed by atoms with E-state index in [2.05, 4.69) is 15.5 Å². The average Bonchev–Trinajstić information content (AvgIpc) is 3.10. The Bertz CT molecular complexity index is 596. The fourth-order valence-corrected chi connectivity index (χ4v) is 2.56. The van der Waals surface area contributed by atoms with Gasteiger partial charge in [0, 0.05) is 18.0 Å². The molecule has 1 aliphatic rings. The summed E-state index contributed by atoms with van der Waals surface area (Å²) in [5.41, 5.74) is 1.38. The van der Waals surface area contributed by atoms with Crippen molar-refractivity contribution in [2.24, 2.45) is 0 Å². The van der Waals surface area contributed by atoms with Gasteiger partial charge in [0.25, 0.3) is 0 Å². The zero-order chi connectivity index (χ0) is 13.9. The van der Waals surface area contributed by atoms with Crippen LogP contribution in [-0.2, 0) is 6.42 Å². The summed E-state index contributed by atoms with van der Waals surface area (Å²) in [6.07, 6.45) is 4.27. The minimum Gasteiger partial charge on any atom is -0.339 e. The second-order valence-electron chi connectivity index (χ2n) is 5.31. The predicted octanol–water partition coefficient (Wildman–Crippen LogP) is 3.29. The Morgan fingerprint density at radius 2 is 2.29 bits per heavy atom. The van der Waals surface area contributed by atoms with Crippen molar-refractivity contribution in [3.8, 4) is 11.4 Å². The highest BCUT2D eigenvalue weighted by Gasteiger charge is 2.16. The number of rotatable bonds is 4. The van der Waals surface area contributed by atoms with Crippen LogP contribution < -0.4 is 5.32 Å². The van der Waals surface area contributed by atoms with Gasteiger partial charge >= 0.3 is 0 Å². The molecule has 0 radical (unpaired) electrons. The molecule has 1 fully saturated rings. The van der Waals surface area contributed by atoms with Gasteiger partial charge in [0.2, 0.25) is 11.7 Å². The zero-order valence-electron chi connectivity index (χ0n) is 11.9. The number of halogens is 2. The first kappa shape index (κ1) is 15.9. The summed E-state index contributed by atoms with van der Waals surface area (Å²) in [4.78, 5) is 4.38. The third-order valence-electron chi connectivity index (χ3n) is 3.75. The number of aryl methyl sites for hydroxylation is 2. The minimum atomic E-state index is -0.218. The molecule has 1 atom stereocenters. The lowest BCUT2D eigenvalue weighted by atomic mass is 10.1. The Morgan fingerprint density at radius 1 is 1.43 bits per heavy atom. The fraction of sp³-hybridized carbons (Fsp3) is 0.467. The molecule has 1 unspecified atom stereocenters. The molecular weight excluding hydrogens is 293 g/mol. The first-order valence-electron chi connectivity index (χ1n) is 7.05. The molecule has 0 saturated carbocycles. The highest BCUT2D eigenvalue weighted by Crippen LogP contribution is 2.20. The molecule has 114 valence electrons. The van der Waals surface area contributed by atoms with Crippen LogP contribution in [0.15, 0.2) is 22.7 Å². The standard InChI is InChI=1S/C15H18FN3O.ClH/c1-10-9-11(4-6-13(10)16)15-18-14(20-19-15)7-5-12-3-2-8-17-12;/h4,6,9,12,17H,2-3,5,7-8H2,1H3;1H. The van der Waals surface area contributed by atoms with Crippen LogP contribution in [0.25, 0.3) is 11.4 Å². The normalized spacial score (nSPS) is 17.7. The molecule has 0 bridgehead atoms. The second kappa shape index (κ2) is 7.00. The van der Waals surface area contributed by atoms with Gasteiger partial charge < -0.3 is 9.84 Å². The van der Waals surface area contributed by atoms with Crippen LogP contribution in [0.2, 0.25) is 0 Å². The lowest BCUT2D eigenvalue weighted by Crippen LogP contribution is -2.21. The zero-order valence-corrected chi connectivity index (χ0v) is 12.8. The van der Waals surface area contributed by atoms with Crippen LogP contribution >= 0.6 is 12.4 Å². The smallest absolute Gasteiger partial charge is 0.227 e. The van der Waals surface area contributed by atoms with Crippen molar-refractivity contribution >= 4 is 12.4 Å². The maximum Gasteiger partial charge on any atom is 0.227 e. The molecule has 1 saturated heterocycles. The molecule has 1 aromatic heterocycles. The van der Waals surface area contributed by atoms with E-state index in [9.17, 15) is 4.39 Å². The van der Waals surface area contributed by atoms with Crippen LogP contribution in [0.1, 0.15) is 30.7 Å². The summed E-state index contributed by atoms with van der Waals surface area (Å²) in [5, 5.41) is 7.42. The number of nitrogens with one attached hydrogen (secondary N) is 1. The van der Waals surface area contributed by atoms with Crippen molar-refractivity contribution in [1.29, 1.82) is 0 Å². The van der Waals surface area contributed by atoms with Crippen LogP contribution in [0.4, 0.5) is 4.39 Å². The van der Waals surface area contributed by atoms with Crippen molar-refractivity contribution in [1.82, 2.24) is 15.5 Å². The fourth-order valence-electron chi connectivity index (χ4n) is 2.56. The molecule has 4 nitrogen and oxygen atoms in total. The molecule has 2 heterocycles. The molecule has 2 aromatic rings. The summed E-state index contributed by atoms with van der Waals surface area (Å²) in [5.74, 6) is 0.961. The van der Waals surface area contributed by atoms with Crippen molar-refractivity contribution < 1.29 is 8.91 Å². The van der Waals surface area contributed by atoms with Gasteiger partial charge in [0.15, 0.2) is 0 Å². The molecule has 1 aromatic carbocycles. The summed E-state index contributed by atoms with van der Waals surface area (Å²) in [6.45, 7) is 2.83. The molecule has 0 spiro atoms. The second-order valence-corrected chi connectivity index (χ2v) is 5.31. The van der Waals surface area contributed by atoms with Crippen LogP contribution in [0.3, 0.4) is 0 Å². The van der Waals surface area contributed by atoms with E-state index in [0.717, 1.165) is 24.9 Å². The maximum atomic E-state index is 13.2. The van der Waals surface area contributed by atoms with Gasteiger partial charge in [-0.3, -0.25) is 0 Å². The Labute approximate surface area is 129 Å².